The van der Waals surface area contributed by atoms with Crippen LogP contribution in [0.25, 0.3) is 0 Å². The van der Waals surface area contributed by atoms with Gasteiger partial charge in [-0.25, -0.2) is 0 Å². The highest BCUT2D eigenvalue weighted by Gasteiger charge is 2.30. The highest BCUT2D eigenvalue weighted by atomic mass is 16.5. The van der Waals surface area contributed by atoms with Crippen molar-refractivity contribution < 1.29 is 4.74 Å². The van der Waals surface area contributed by atoms with Crippen molar-refractivity contribution in [3.63, 3.8) is 0 Å². The molecule has 0 heterocycles. The van der Waals surface area contributed by atoms with Gasteiger partial charge in [0.25, 0.3) is 0 Å². The number of likely N-dealkylation sites (N-methyl/N-ethyl adjacent to an activating group) is 1. The lowest BCUT2D eigenvalue weighted by Gasteiger charge is -2.39. The molecule has 2 rings (SSSR count). The van der Waals surface area contributed by atoms with Crippen molar-refractivity contribution in [2.45, 2.75) is 45.2 Å². The summed E-state index contributed by atoms with van der Waals surface area (Å²) < 4.78 is 5.33. The Kier molecular flexibility index (Phi) is 4.83. The summed E-state index contributed by atoms with van der Waals surface area (Å²) in [7, 11) is 1.71. The maximum atomic E-state index is 6.52. The number of methoxy groups -OCH3 is 1. The molecule has 0 saturated carbocycles. The van der Waals surface area contributed by atoms with Gasteiger partial charge in [-0.1, -0.05) is 19.9 Å². The summed E-state index contributed by atoms with van der Waals surface area (Å²) in [5.41, 5.74) is 9.18. The molecule has 0 fully saturated rings. The summed E-state index contributed by atoms with van der Waals surface area (Å²) >= 11 is 0. The third kappa shape index (κ3) is 2.93. The first-order valence-electron chi connectivity index (χ1n) is 7.37. The summed E-state index contributed by atoms with van der Waals surface area (Å²) in [6.07, 6.45) is 3.47. The van der Waals surface area contributed by atoms with E-state index in [-0.39, 0.29) is 6.04 Å². The van der Waals surface area contributed by atoms with Gasteiger partial charge in [-0.2, -0.15) is 0 Å². The lowest BCUT2D eigenvalue weighted by atomic mass is 9.83. The van der Waals surface area contributed by atoms with E-state index in [0.717, 1.165) is 31.7 Å². The zero-order valence-electron chi connectivity index (χ0n) is 12.4. The summed E-state index contributed by atoms with van der Waals surface area (Å²) in [6, 6.07) is 6.89. The van der Waals surface area contributed by atoms with Crippen LogP contribution in [-0.2, 0) is 6.42 Å². The van der Waals surface area contributed by atoms with Crippen molar-refractivity contribution in [1.82, 2.24) is 4.90 Å². The van der Waals surface area contributed by atoms with E-state index in [4.69, 9.17) is 10.5 Å². The molecule has 0 saturated heterocycles. The van der Waals surface area contributed by atoms with Crippen LogP contribution in [0.3, 0.4) is 0 Å². The van der Waals surface area contributed by atoms with Crippen LogP contribution in [-0.4, -0.2) is 31.1 Å². The first kappa shape index (κ1) is 14.4. The molecule has 1 aromatic carbocycles. The van der Waals surface area contributed by atoms with Gasteiger partial charge in [0.15, 0.2) is 0 Å². The van der Waals surface area contributed by atoms with E-state index in [1.54, 1.807) is 7.11 Å². The van der Waals surface area contributed by atoms with Gasteiger partial charge in [-0.3, -0.25) is 4.90 Å². The molecule has 0 amide bonds. The minimum Gasteiger partial charge on any atom is -0.497 e. The molecule has 0 aromatic heterocycles. The second-order valence-corrected chi connectivity index (χ2v) is 5.33. The van der Waals surface area contributed by atoms with Crippen molar-refractivity contribution in [3.8, 4) is 5.75 Å². The predicted molar refractivity (Wildman–Crippen MR) is 79.6 cm³/mol. The van der Waals surface area contributed by atoms with E-state index < -0.39 is 0 Å². The zero-order chi connectivity index (χ0) is 13.8. The summed E-state index contributed by atoms with van der Waals surface area (Å²) in [6.45, 7) is 6.66. The fraction of sp³-hybridized carbons (Fsp3) is 0.625. The molecule has 0 aliphatic heterocycles. The van der Waals surface area contributed by atoms with Crippen LogP contribution in [0.1, 0.15) is 43.9 Å². The summed E-state index contributed by atoms with van der Waals surface area (Å²) in [5, 5.41) is 0. The highest BCUT2D eigenvalue weighted by Crippen LogP contribution is 2.33. The van der Waals surface area contributed by atoms with Crippen LogP contribution in [0.15, 0.2) is 18.2 Å². The van der Waals surface area contributed by atoms with Crippen molar-refractivity contribution in [2.24, 2.45) is 5.73 Å². The molecule has 0 radical (unpaired) electrons. The first-order valence-corrected chi connectivity index (χ1v) is 7.37. The van der Waals surface area contributed by atoms with Crippen LogP contribution in [0, 0.1) is 0 Å². The Labute approximate surface area is 116 Å². The van der Waals surface area contributed by atoms with Gasteiger partial charge in [-0.15, -0.1) is 0 Å². The van der Waals surface area contributed by atoms with Gasteiger partial charge < -0.3 is 10.5 Å². The number of nitrogens with two attached hydrogens (primary N) is 1. The highest BCUT2D eigenvalue weighted by molar-refractivity contribution is 5.40. The molecule has 1 aliphatic rings. The molecule has 19 heavy (non-hydrogen) atoms. The maximum absolute atomic E-state index is 6.52. The first-order chi connectivity index (χ1) is 9.21. The Bertz CT molecular complexity index is 419. The Morgan fingerprint density at radius 3 is 2.79 bits per heavy atom. The Morgan fingerprint density at radius 2 is 2.16 bits per heavy atom. The second kappa shape index (κ2) is 6.40. The molecular weight excluding hydrogens is 236 g/mol. The van der Waals surface area contributed by atoms with Crippen molar-refractivity contribution in [2.75, 3.05) is 20.2 Å². The number of fused-ring (bicyclic) bond motifs is 1. The van der Waals surface area contributed by atoms with Gasteiger partial charge in [0.1, 0.15) is 5.75 Å². The largest absolute Gasteiger partial charge is 0.497 e. The quantitative estimate of drug-likeness (QED) is 0.886. The molecule has 0 spiro atoms. The Morgan fingerprint density at radius 1 is 1.37 bits per heavy atom. The van der Waals surface area contributed by atoms with E-state index >= 15 is 0 Å². The van der Waals surface area contributed by atoms with Gasteiger partial charge in [-0.05, 0) is 55.6 Å². The predicted octanol–water partition coefficient (Wildman–Crippen LogP) is 2.74. The number of hydrogen-bond donors (Lipinski definition) is 1. The zero-order valence-corrected chi connectivity index (χ0v) is 12.4. The standard InChI is InChI=1S/C16H26N2O/c1-4-10-18(5-2)15-9-7-12-6-8-13(19-3)11-14(12)16(15)17/h6,8,11,15-16H,4-5,7,9-10,17H2,1-3H3. The van der Waals surface area contributed by atoms with Gasteiger partial charge in [0, 0.05) is 12.1 Å². The van der Waals surface area contributed by atoms with Gasteiger partial charge in [0.05, 0.1) is 7.11 Å². The Balaban J connectivity index is 2.24. The lowest BCUT2D eigenvalue weighted by molar-refractivity contribution is 0.163. The van der Waals surface area contributed by atoms with Crippen LogP contribution in [0.2, 0.25) is 0 Å². The van der Waals surface area contributed by atoms with Crippen LogP contribution < -0.4 is 10.5 Å². The summed E-state index contributed by atoms with van der Waals surface area (Å²) in [5.74, 6) is 0.911. The second-order valence-electron chi connectivity index (χ2n) is 5.33. The number of rotatable bonds is 5. The van der Waals surface area contributed by atoms with Gasteiger partial charge in [0.2, 0.25) is 0 Å². The van der Waals surface area contributed by atoms with Crippen LogP contribution >= 0.6 is 0 Å². The molecule has 3 heteroatoms. The normalized spacial score (nSPS) is 22.4. The molecular formula is C16H26N2O. The number of aryl methyl sites for hydroxylation is 1. The van der Waals surface area contributed by atoms with Crippen molar-refractivity contribution >= 4 is 0 Å². The lowest BCUT2D eigenvalue weighted by Crippen LogP contribution is -2.45. The number of hydrogen-bond acceptors (Lipinski definition) is 3. The monoisotopic (exact) mass is 262 g/mol. The summed E-state index contributed by atoms with van der Waals surface area (Å²) in [4.78, 5) is 2.52. The fourth-order valence-corrected chi connectivity index (χ4v) is 3.18. The van der Waals surface area contributed by atoms with E-state index in [1.807, 2.05) is 6.07 Å². The number of ether oxygens (including phenoxy) is 1. The fourth-order valence-electron chi connectivity index (χ4n) is 3.18. The minimum absolute atomic E-state index is 0.102. The number of nitrogens with zero attached hydrogens (tertiary/aromatic N) is 1. The topological polar surface area (TPSA) is 38.5 Å². The molecule has 2 N–H and O–H groups in total. The van der Waals surface area contributed by atoms with Crippen molar-refractivity contribution in [1.29, 1.82) is 0 Å². The average molecular weight is 262 g/mol. The maximum Gasteiger partial charge on any atom is 0.119 e. The van der Waals surface area contributed by atoms with E-state index in [0.29, 0.717) is 6.04 Å². The molecule has 3 nitrogen and oxygen atoms in total. The van der Waals surface area contributed by atoms with E-state index in [2.05, 4.69) is 30.9 Å². The van der Waals surface area contributed by atoms with Crippen LogP contribution in [0.4, 0.5) is 0 Å². The van der Waals surface area contributed by atoms with Crippen LogP contribution in [0.5, 0.6) is 5.75 Å². The van der Waals surface area contributed by atoms with E-state index in [9.17, 15) is 0 Å². The Hall–Kier alpha value is -1.06. The molecule has 2 unspecified atom stereocenters. The molecule has 106 valence electrons. The third-order valence-corrected chi connectivity index (χ3v) is 4.22. The SMILES string of the molecule is CCCN(CC)C1CCc2ccc(OC)cc2C1N. The van der Waals surface area contributed by atoms with Crippen molar-refractivity contribution in [3.05, 3.63) is 29.3 Å². The van der Waals surface area contributed by atoms with Gasteiger partial charge >= 0.3 is 0 Å². The molecule has 1 aromatic rings. The number of benzene rings is 1. The van der Waals surface area contributed by atoms with E-state index in [1.165, 1.54) is 17.5 Å². The minimum atomic E-state index is 0.102. The average Bonchev–Trinajstić information content (AvgIpc) is 2.45. The molecule has 2 atom stereocenters. The smallest absolute Gasteiger partial charge is 0.119 e. The molecule has 1 aliphatic carbocycles. The third-order valence-electron chi connectivity index (χ3n) is 4.22. The molecule has 0 bridgehead atoms.